The van der Waals surface area contributed by atoms with Gasteiger partial charge in [-0.15, -0.1) is 0 Å². The van der Waals surface area contributed by atoms with Gasteiger partial charge in [0.15, 0.2) is 6.10 Å². The summed E-state index contributed by atoms with van der Waals surface area (Å²) in [6.07, 6.45) is 2.19. The number of carbonyl (C=O) groups excluding carboxylic acids is 3. The van der Waals surface area contributed by atoms with Crippen molar-refractivity contribution in [2.75, 3.05) is 27.9 Å². The molecule has 4 rings (SSSR count). The van der Waals surface area contributed by atoms with Gasteiger partial charge in [0.05, 0.1) is 30.5 Å². The number of ether oxygens (including phenoxy) is 5. The van der Waals surface area contributed by atoms with Gasteiger partial charge in [-0.2, -0.15) is 0 Å². The van der Waals surface area contributed by atoms with Gasteiger partial charge in [0.25, 0.3) is 5.91 Å². The average molecular weight is 794 g/mol. The van der Waals surface area contributed by atoms with E-state index >= 15 is 0 Å². The number of methoxy groups -OCH3 is 3. The van der Waals surface area contributed by atoms with Gasteiger partial charge in [-0.3, -0.25) is 9.59 Å². The zero-order valence-electron chi connectivity index (χ0n) is 35.2. The third kappa shape index (κ3) is 10.9. The van der Waals surface area contributed by atoms with Crippen LogP contribution < -0.4 is 0 Å². The Kier molecular flexibility index (Phi) is 17.1. The predicted octanol–water partition coefficient (Wildman–Crippen LogP) is 4.26. The van der Waals surface area contributed by atoms with E-state index in [2.05, 4.69) is 6.92 Å². The normalized spacial score (nSPS) is 42.9. The van der Waals surface area contributed by atoms with Crippen molar-refractivity contribution in [2.45, 2.75) is 173 Å². The van der Waals surface area contributed by atoms with Crippen molar-refractivity contribution in [1.29, 1.82) is 0 Å². The van der Waals surface area contributed by atoms with Crippen molar-refractivity contribution in [1.82, 2.24) is 4.90 Å². The highest BCUT2D eigenvalue weighted by molar-refractivity contribution is 5.88. The molecule has 0 aromatic carbocycles. The molecular formula is C43H71NO12. The Balaban J connectivity index is 1.76. The molecule has 0 spiro atoms. The van der Waals surface area contributed by atoms with Gasteiger partial charge in [0.1, 0.15) is 24.0 Å². The van der Waals surface area contributed by atoms with Crippen LogP contribution in [0.2, 0.25) is 0 Å². The molecule has 4 N–H and O–H groups in total. The van der Waals surface area contributed by atoms with E-state index in [9.17, 15) is 34.8 Å². The molecule has 1 aliphatic carbocycles. The second-order valence-electron chi connectivity index (χ2n) is 17.3. The summed E-state index contributed by atoms with van der Waals surface area (Å²) in [7, 11) is 4.68. The van der Waals surface area contributed by atoms with Crippen LogP contribution in [0.1, 0.15) is 112 Å². The van der Waals surface area contributed by atoms with Crippen molar-refractivity contribution in [2.24, 2.45) is 29.6 Å². The fourth-order valence-corrected chi connectivity index (χ4v) is 9.54. The number of piperidine rings is 1. The molecule has 2 bridgehead atoms. The first-order valence-electron chi connectivity index (χ1n) is 20.9. The van der Waals surface area contributed by atoms with E-state index in [0.29, 0.717) is 56.9 Å². The summed E-state index contributed by atoms with van der Waals surface area (Å²) >= 11 is 0. The van der Waals surface area contributed by atoms with Gasteiger partial charge in [-0.25, -0.2) is 4.79 Å². The standard InChI is InChI=1S/C43H71NO12/c1-10-30-18-24(2)17-25(3)19-36(53-8)39-37(54-9)21-27(5)43(51,56-39)40(48)41(49)44-16-12-11-13-31(44)42(50)55-38(28(6)33(46)23-34(30)47)26(4)20-29-14-15-32(45)35(22-29)52-7/h18,20,25,27-33,35-40,45-46,48,51H,10-17,19,21-23H2,1-9H3/b24-18+,26-20+/t25-,27+,28-,29?,30+,31-,32+,33-,35+,36-,37-,38+,39+,40-,43+/m0/s1. The molecule has 2 saturated heterocycles. The number of nitrogens with zero attached hydrogens (tertiary/aromatic N) is 1. The summed E-state index contributed by atoms with van der Waals surface area (Å²) < 4.78 is 29.9. The highest BCUT2D eigenvalue weighted by atomic mass is 16.7. The second-order valence-corrected chi connectivity index (χ2v) is 17.3. The highest BCUT2D eigenvalue weighted by Gasteiger charge is 2.56. The van der Waals surface area contributed by atoms with E-state index in [0.717, 1.165) is 5.57 Å². The number of allylic oxidation sites excluding steroid dienone is 3. The minimum atomic E-state index is -2.31. The summed E-state index contributed by atoms with van der Waals surface area (Å²) in [6, 6.07) is -1.07. The highest BCUT2D eigenvalue weighted by Crippen LogP contribution is 2.40. The number of cyclic esters (lactones) is 1. The Labute approximate surface area is 334 Å². The van der Waals surface area contributed by atoms with E-state index in [1.165, 1.54) is 4.90 Å². The molecule has 1 amide bonds. The van der Waals surface area contributed by atoms with E-state index in [4.69, 9.17) is 23.7 Å². The van der Waals surface area contributed by atoms with Crippen molar-refractivity contribution in [3.63, 3.8) is 0 Å². The van der Waals surface area contributed by atoms with E-state index in [1.807, 2.05) is 32.9 Å². The minimum Gasteiger partial charge on any atom is -0.456 e. The van der Waals surface area contributed by atoms with Crippen LogP contribution >= 0.6 is 0 Å². The van der Waals surface area contributed by atoms with Crippen LogP contribution in [0.15, 0.2) is 23.3 Å². The van der Waals surface area contributed by atoms with Crippen LogP contribution in [-0.2, 0) is 38.1 Å². The van der Waals surface area contributed by atoms with Gasteiger partial charge in [0, 0.05) is 52.0 Å². The molecule has 1 saturated carbocycles. The number of Topliss-reactive ketones (excluding diaryl/α,β-unsaturated/α-hetero) is 1. The van der Waals surface area contributed by atoms with Crippen LogP contribution in [0.5, 0.6) is 0 Å². The molecule has 13 nitrogen and oxygen atoms in total. The third-order valence-electron chi connectivity index (χ3n) is 13.1. The van der Waals surface area contributed by atoms with Gasteiger partial charge in [-0.05, 0) is 95.5 Å². The number of amides is 1. The van der Waals surface area contributed by atoms with Crippen LogP contribution in [0.3, 0.4) is 0 Å². The lowest BCUT2D eigenvalue weighted by atomic mass is 9.81. The maximum absolute atomic E-state index is 14.3. The first kappa shape index (κ1) is 46.5. The number of rotatable bonds is 6. The molecule has 56 heavy (non-hydrogen) atoms. The smallest absolute Gasteiger partial charge is 0.329 e. The van der Waals surface area contributed by atoms with Crippen LogP contribution in [0.4, 0.5) is 0 Å². The van der Waals surface area contributed by atoms with Gasteiger partial charge >= 0.3 is 5.97 Å². The number of aliphatic hydroxyl groups is 4. The number of hydrogen-bond acceptors (Lipinski definition) is 12. The largest absolute Gasteiger partial charge is 0.456 e. The van der Waals surface area contributed by atoms with E-state index < -0.39 is 84.2 Å². The number of carbonyl (C=O) groups is 3. The molecule has 4 aliphatic rings. The zero-order valence-corrected chi connectivity index (χ0v) is 35.2. The first-order chi connectivity index (χ1) is 26.5. The van der Waals surface area contributed by atoms with Gasteiger partial charge in [0.2, 0.25) is 5.79 Å². The van der Waals surface area contributed by atoms with Crippen LogP contribution in [-0.4, -0.2) is 132 Å². The lowest BCUT2D eigenvalue weighted by Gasteiger charge is -2.49. The quantitative estimate of drug-likeness (QED) is 0.222. The summed E-state index contributed by atoms with van der Waals surface area (Å²) in [5.41, 5.74) is 1.69. The number of fused-ring (bicyclic) bond motifs is 3. The Hall–Kier alpha value is -2.23. The van der Waals surface area contributed by atoms with Crippen molar-refractivity contribution in [3.8, 4) is 0 Å². The lowest BCUT2D eigenvalue weighted by molar-refractivity contribution is -0.346. The topological polar surface area (TPSA) is 182 Å². The van der Waals surface area contributed by atoms with Crippen LogP contribution in [0, 0.1) is 29.6 Å². The van der Waals surface area contributed by atoms with Crippen molar-refractivity contribution >= 4 is 17.7 Å². The van der Waals surface area contributed by atoms with Crippen LogP contribution in [0.25, 0.3) is 0 Å². The fraction of sp³-hybridized carbons (Fsp3) is 0.837. The molecule has 3 aliphatic heterocycles. The second kappa shape index (κ2) is 20.6. The SMILES string of the molecule is CC[C@@H]1/C=C(\C)C[C@H](C)C[C@H](OC)[C@H]2O[C@](O)([C@H](C)C[C@@H]2OC)[C@@H](O)C(=O)N2CCCC[C@H]2C(=O)O[C@H](/C(C)=C/C2CC[C@@H](O)[C@H](OC)C2)[C@@H](C)[C@@H](O)CC1=O. The molecular weight excluding hydrogens is 722 g/mol. The predicted molar refractivity (Wildman–Crippen MR) is 209 cm³/mol. The number of hydrogen-bond donors (Lipinski definition) is 4. The van der Waals surface area contributed by atoms with Gasteiger partial charge < -0.3 is 49.0 Å². The molecule has 3 fully saturated rings. The number of ketones is 1. The Morgan fingerprint density at radius 3 is 2.21 bits per heavy atom. The molecule has 13 heteroatoms. The molecule has 3 heterocycles. The number of esters is 1. The fourth-order valence-electron chi connectivity index (χ4n) is 9.54. The summed E-state index contributed by atoms with van der Waals surface area (Å²) in [5, 5.41) is 46.0. The Morgan fingerprint density at radius 2 is 1.57 bits per heavy atom. The first-order valence-corrected chi connectivity index (χ1v) is 20.9. The molecule has 0 aromatic rings. The summed E-state index contributed by atoms with van der Waals surface area (Å²) in [6.45, 7) is 11.4. The maximum atomic E-state index is 14.3. The third-order valence-corrected chi connectivity index (χ3v) is 13.1. The molecule has 1 unspecified atom stereocenters. The maximum Gasteiger partial charge on any atom is 0.329 e. The van der Waals surface area contributed by atoms with Gasteiger partial charge in [-0.1, -0.05) is 45.4 Å². The molecule has 15 atom stereocenters. The number of aliphatic hydroxyl groups excluding tert-OH is 3. The minimum absolute atomic E-state index is 0.0125. The van der Waals surface area contributed by atoms with Crippen molar-refractivity contribution < 1.29 is 58.5 Å². The average Bonchev–Trinajstić information content (AvgIpc) is 3.18. The van der Waals surface area contributed by atoms with E-state index in [-0.39, 0.29) is 49.5 Å². The summed E-state index contributed by atoms with van der Waals surface area (Å²) in [4.78, 5) is 43.7. The monoisotopic (exact) mass is 793 g/mol. The van der Waals surface area contributed by atoms with Crippen molar-refractivity contribution in [3.05, 3.63) is 23.3 Å². The molecule has 0 radical (unpaired) electrons. The molecule has 0 aromatic heterocycles. The summed E-state index contributed by atoms with van der Waals surface area (Å²) in [5.74, 6) is -5.73. The molecule has 320 valence electrons. The Bertz CT molecular complexity index is 1390. The Morgan fingerprint density at radius 1 is 0.911 bits per heavy atom. The van der Waals surface area contributed by atoms with E-state index in [1.54, 1.807) is 35.2 Å². The lowest BCUT2D eigenvalue weighted by Crippen LogP contribution is -2.66. The zero-order chi connectivity index (χ0) is 41.5.